The summed E-state index contributed by atoms with van der Waals surface area (Å²) in [6.07, 6.45) is 5.65. The predicted molar refractivity (Wildman–Crippen MR) is 62.7 cm³/mol. The maximum absolute atomic E-state index is 8.60. The van der Waals surface area contributed by atoms with E-state index in [-0.39, 0.29) is 12.7 Å². The summed E-state index contributed by atoms with van der Waals surface area (Å²) < 4.78 is 11.1. The summed E-state index contributed by atoms with van der Waals surface area (Å²) in [5, 5.41) is 8.60. The zero-order valence-corrected chi connectivity index (χ0v) is 9.56. The number of aliphatic hydroxyl groups is 1. The molecule has 0 aliphatic carbocycles. The van der Waals surface area contributed by atoms with Gasteiger partial charge in [0.25, 0.3) is 0 Å². The van der Waals surface area contributed by atoms with Crippen LogP contribution >= 0.6 is 0 Å². The summed E-state index contributed by atoms with van der Waals surface area (Å²) >= 11 is 0. The van der Waals surface area contributed by atoms with Crippen LogP contribution in [0.4, 0.5) is 0 Å². The van der Waals surface area contributed by atoms with Crippen molar-refractivity contribution in [3.63, 3.8) is 0 Å². The van der Waals surface area contributed by atoms with Gasteiger partial charge in [0.15, 0.2) is 0 Å². The van der Waals surface area contributed by atoms with E-state index in [1.165, 1.54) is 0 Å². The minimum absolute atomic E-state index is 0.152. The van der Waals surface area contributed by atoms with Gasteiger partial charge >= 0.3 is 0 Å². The maximum atomic E-state index is 8.60. The molecule has 0 amide bonds. The lowest BCUT2D eigenvalue weighted by Gasteiger charge is -2.10. The fourth-order valence-corrected chi connectivity index (χ4v) is 1.67. The molecule has 17 heavy (non-hydrogen) atoms. The van der Waals surface area contributed by atoms with Crippen LogP contribution in [0.1, 0.15) is 18.4 Å². The first-order valence-electron chi connectivity index (χ1n) is 5.67. The fourth-order valence-electron chi connectivity index (χ4n) is 1.67. The Morgan fingerprint density at radius 2 is 2.47 bits per heavy atom. The summed E-state index contributed by atoms with van der Waals surface area (Å²) in [5.74, 6) is 6.05. The molecule has 1 N–H and O–H groups in total. The maximum Gasteiger partial charge on any atom is 0.138 e. The third kappa shape index (κ3) is 3.74. The normalized spacial score (nSPS) is 18.5. The van der Waals surface area contributed by atoms with Gasteiger partial charge in [-0.2, -0.15) is 0 Å². The lowest BCUT2D eigenvalue weighted by molar-refractivity contribution is 0.0678. The Morgan fingerprint density at radius 3 is 3.24 bits per heavy atom. The van der Waals surface area contributed by atoms with Crippen molar-refractivity contribution in [2.75, 3.05) is 19.8 Å². The fraction of sp³-hybridized carbons (Fsp3) is 0.462. The van der Waals surface area contributed by atoms with Crippen molar-refractivity contribution >= 4 is 0 Å². The quantitative estimate of drug-likeness (QED) is 0.791. The van der Waals surface area contributed by atoms with Crippen LogP contribution in [0.3, 0.4) is 0 Å². The zero-order valence-electron chi connectivity index (χ0n) is 9.56. The number of aromatic nitrogens is 1. The summed E-state index contributed by atoms with van der Waals surface area (Å²) in [7, 11) is 0. The van der Waals surface area contributed by atoms with Crippen LogP contribution < -0.4 is 4.74 Å². The van der Waals surface area contributed by atoms with Crippen LogP contribution in [0.5, 0.6) is 5.75 Å². The third-order valence-electron chi connectivity index (χ3n) is 2.48. The van der Waals surface area contributed by atoms with Gasteiger partial charge in [0.05, 0.1) is 12.3 Å². The van der Waals surface area contributed by atoms with Gasteiger partial charge in [-0.15, -0.1) is 0 Å². The molecule has 0 radical (unpaired) electrons. The molecule has 2 heterocycles. The van der Waals surface area contributed by atoms with Crippen molar-refractivity contribution in [3.05, 3.63) is 24.0 Å². The van der Waals surface area contributed by atoms with Gasteiger partial charge < -0.3 is 14.6 Å². The highest BCUT2D eigenvalue weighted by atomic mass is 16.5. The first-order valence-corrected chi connectivity index (χ1v) is 5.67. The molecule has 90 valence electrons. The molecular weight excluding hydrogens is 218 g/mol. The van der Waals surface area contributed by atoms with Crippen LogP contribution in [0.15, 0.2) is 18.5 Å². The van der Waals surface area contributed by atoms with Crippen LogP contribution in [-0.4, -0.2) is 36.0 Å². The highest BCUT2D eigenvalue weighted by molar-refractivity contribution is 5.36. The van der Waals surface area contributed by atoms with Gasteiger partial charge in [0.2, 0.25) is 0 Å². The lowest BCUT2D eigenvalue weighted by atomic mass is 10.2. The van der Waals surface area contributed by atoms with Crippen LogP contribution in [0.25, 0.3) is 0 Å². The van der Waals surface area contributed by atoms with E-state index in [4.69, 9.17) is 14.6 Å². The zero-order chi connectivity index (χ0) is 11.9. The molecule has 1 aliphatic heterocycles. The molecule has 1 aromatic rings. The monoisotopic (exact) mass is 233 g/mol. The first-order chi connectivity index (χ1) is 8.38. The van der Waals surface area contributed by atoms with E-state index in [1.54, 1.807) is 12.4 Å². The number of aliphatic hydroxyl groups excluding tert-OH is 1. The largest absolute Gasteiger partial charge is 0.489 e. The first kappa shape index (κ1) is 11.9. The molecule has 1 aromatic heterocycles. The molecule has 0 spiro atoms. The van der Waals surface area contributed by atoms with Gasteiger partial charge in [-0.1, -0.05) is 11.8 Å². The molecule has 1 aliphatic rings. The summed E-state index contributed by atoms with van der Waals surface area (Å²) in [4.78, 5) is 4.03. The van der Waals surface area contributed by atoms with Crippen LogP contribution in [0.2, 0.25) is 0 Å². The minimum atomic E-state index is -0.152. The van der Waals surface area contributed by atoms with E-state index in [0.717, 1.165) is 25.0 Å². The molecule has 0 bridgehead atoms. The molecule has 1 saturated heterocycles. The summed E-state index contributed by atoms with van der Waals surface area (Å²) in [6.45, 7) is 1.23. The molecule has 4 heteroatoms. The molecular formula is C13H15NO3. The van der Waals surface area contributed by atoms with Crippen molar-refractivity contribution in [2.45, 2.75) is 18.9 Å². The van der Waals surface area contributed by atoms with Crippen molar-refractivity contribution in [1.29, 1.82) is 0 Å². The Morgan fingerprint density at radius 1 is 1.53 bits per heavy atom. The van der Waals surface area contributed by atoms with Crippen molar-refractivity contribution < 1.29 is 14.6 Å². The number of rotatable bonds is 3. The minimum Gasteiger partial charge on any atom is -0.489 e. The van der Waals surface area contributed by atoms with Gasteiger partial charge in [-0.05, 0) is 18.9 Å². The molecule has 1 atom stereocenters. The number of nitrogens with zero attached hydrogens (tertiary/aromatic N) is 1. The number of pyridine rings is 1. The Balaban J connectivity index is 1.91. The van der Waals surface area contributed by atoms with E-state index in [0.29, 0.717) is 12.4 Å². The number of ether oxygens (including phenoxy) is 2. The van der Waals surface area contributed by atoms with E-state index in [9.17, 15) is 0 Å². The van der Waals surface area contributed by atoms with Crippen LogP contribution in [0, 0.1) is 11.8 Å². The molecule has 0 saturated carbocycles. The third-order valence-corrected chi connectivity index (χ3v) is 2.48. The molecule has 2 rings (SSSR count). The second kappa shape index (κ2) is 6.24. The Hall–Kier alpha value is -1.57. The molecule has 1 fully saturated rings. The van der Waals surface area contributed by atoms with Crippen molar-refractivity contribution in [1.82, 2.24) is 4.98 Å². The highest BCUT2D eigenvalue weighted by Crippen LogP contribution is 2.15. The summed E-state index contributed by atoms with van der Waals surface area (Å²) in [6, 6.07) is 1.81. The Kier molecular flexibility index (Phi) is 4.37. The Labute approximate surface area is 101 Å². The van der Waals surface area contributed by atoms with Gasteiger partial charge in [0.1, 0.15) is 19.0 Å². The smallest absolute Gasteiger partial charge is 0.138 e. The SMILES string of the molecule is OCC#Cc1cncc(OCC2CCCO2)c1. The molecule has 0 aromatic carbocycles. The standard InChI is InChI=1S/C13H15NO3/c15-5-1-3-11-7-13(9-14-8-11)17-10-12-4-2-6-16-12/h7-9,12,15H,2,4-6,10H2. The van der Waals surface area contributed by atoms with E-state index < -0.39 is 0 Å². The second-order valence-corrected chi connectivity index (χ2v) is 3.82. The topological polar surface area (TPSA) is 51.6 Å². The lowest BCUT2D eigenvalue weighted by Crippen LogP contribution is -2.16. The molecule has 1 unspecified atom stereocenters. The van der Waals surface area contributed by atoms with Gasteiger partial charge in [0, 0.05) is 18.4 Å². The predicted octanol–water partition coefficient (Wildman–Crippen LogP) is 0.983. The average molecular weight is 233 g/mol. The van der Waals surface area contributed by atoms with E-state index in [1.807, 2.05) is 6.07 Å². The second-order valence-electron chi connectivity index (χ2n) is 3.82. The van der Waals surface area contributed by atoms with E-state index in [2.05, 4.69) is 16.8 Å². The summed E-state index contributed by atoms with van der Waals surface area (Å²) in [5.41, 5.74) is 0.740. The molecule has 4 nitrogen and oxygen atoms in total. The number of hydrogen-bond acceptors (Lipinski definition) is 4. The number of hydrogen-bond donors (Lipinski definition) is 1. The highest BCUT2D eigenvalue weighted by Gasteiger charge is 2.15. The van der Waals surface area contributed by atoms with Crippen molar-refractivity contribution in [2.24, 2.45) is 0 Å². The Bertz CT molecular complexity index is 416. The van der Waals surface area contributed by atoms with Gasteiger partial charge in [-0.25, -0.2) is 0 Å². The average Bonchev–Trinajstić information content (AvgIpc) is 2.87. The van der Waals surface area contributed by atoms with Crippen LogP contribution in [-0.2, 0) is 4.74 Å². The van der Waals surface area contributed by atoms with E-state index >= 15 is 0 Å². The van der Waals surface area contributed by atoms with Crippen molar-refractivity contribution in [3.8, 4) is 17.6 Å². The van der Waals surface area contributed by atoms with Gasteiger partial charge in [-0.3, -0.25) is 4.98 Å².